The second-order valence-electron chi connectivity index (χ2n) is 7.40. The molecule has 154 valence electrons. The van der Waals surface area contributed by atoms with E-state index in [9.17, 15) is 14.4 Å². The van der Waals surface area contributed by atoms with E-state index in [4.69, 9.17) is 4.74 Å². The molecule has 1 saturated carbocycles. The third-order valence-electron chi connectivity index (χ3n) is 5.01. The van der Waals surface area contributed by atoms with Crippen molar-refractivity contribution in [1.82, 2.24) is 10.2 Å². The Morgan fingerprint density at radius 2 is 1.64 bits per heavy atom. The number of carbonyl (C=O) groups excluding carboxylic acids is 3. The van der Waals surface area contributed by atoms with Crippen LogP contribution in [-0.4, -0.2) is 56.5 Å². The molecule has 0 spiro atoms. The molecule has 0 saturated heterocycles. The van der Waals surface area contributed by atoms with Crippen molar-refractivity contribution in [3.63, 3.8) is 0 Å². The van der Waals surface area contributed by atoms with Crippen LogP contribution >= 0.6 is 0 Å². The molecule has 28 heavy (non-hydrogen) atoms. The molecule has 2 rings (SSSR count). The molecule has 0 aromatic heterocycles. The highest BCUT2D eigenvalue weighted by molar-refractivity contribution is 6.01. The standard InChI is InChI=1S/C21H31N3O4/c1-4-28-21(27)17-7-5-6-8-18(17)23-20(26)16-11-9-15(10-12-16)19(25)22-13-14-24(2)3/h5-8,15-16H,4,9-14H2,1-3H3,(H,22,25)(H,23,26). The Hall–Kier alpha value is -2.41. The van der Waals surface area contributed by atoms with Crippen LogP contribution < -0.4 is 10.6 Å². The summed E-state index contributed by atoms with van der Waals surface area (Å²) in [4.78, 5) is 39.0. The fourth-order valence-corrected chi connectivity index (χ4v) is 3.38. The van der Waals surface area contributed by atoms with Gasteiger partial charge in [0.15, 0.2) is 0 Å². The second-order valence-corrected chi connectivity index (χ2v) is 7.40. The summed E-state index contributed by atoms with van der Waals surface area (Å²) < 4.78 is 5.05. The highest BCUT2D eigenvalue weighted by Crippen LogP contribution is 2.30. The maximum absolute atomic E-state index is 12.7. The van der Waals surface area contributed by atoms with E-state index in [0.29, 0.717) is 43.5 Å². The van der Waals surface area contributed by atoms with E-state index in [1.54, 1.807) is 31.2 Å². The number of rotatable bonds is 8. The van der Waals surface area contributed by atoms with Crippen LogP contribution in [0.25, 0.3) is 0 Å². The van der Waals surface area contributed by atoms with E-state index < -0.39 is 5.97 Å². The van der Waals surface area contributed by atoms with Crippen molar-refractivity contribution in [3.05, 3.63) is 29.8 Å². The van der Waals surface area contributed by atoms with Crippen molar-refractivity contribution in [2.75, 3.05) is 39.1 Å². The monoisotopic (exact) mass is 389 g/mol. The molecule has 1 fully saturated rings. The largest absolute Gasteiger partial charge is 0.462 e. The van der Waals surface area contributed by atoms with Gasteiger partial charge >= 0.3 is 5.97 Å². The first kappa shape index (κ1) is 21.9. The van der Waals surface area contributed by atoms with Crippen LogP contribution in [0, 0.1) is 11.8 Å². The fourth-order valence-electron chi connectivity index (χ4n) is 3.38. The molecule has 0 heterocycles. The van der Waals surface area contributed by atoms with Crippen molar-refractivity contribution in [2.45, 2.75) is 32.6 Å². The van der Waals surface area contributed by atoms with Gasteiger partial charge in [-0.1, -0.05) is 12.1 Å². The van der Waals surface area contributed by atoms with Gasteiger partial charge in [0.05, 0.1) is 17.9 Å². The number of anilines is 1. The minimum atomic E-state index is -0.448. The van der Waals surface area contributed by atoms with Crippen LogP contribution in [0.1, 0.15) is 43.0 Å². The smallest absolute Gasteiger partial charge is 0.340 e. The normalized spacial score (nSPS) is 19.1. The van der Waals surface area contributed by atoms with Gasteiger partial charge in [-0.3, -0.25) is 9.59 Å². The minimum Gasteiger partial charge on any atom is -0.462 e. The zero-order chi connectivity index (χ0) is 20.5. The summed E-state index contributed by atoms with van der Waals surface area (Å²) in [5.41, 5.74) is 0.821. The summed E-state index contributed by atoms with van der Waals surface area (Å²) in [6, 6.07) is 6.85. The van der Waals surface area contributed by atoms with Gasteiger partial charge in [-0.15, -0.1) is 0 Å². The number of esters is 1. The predicted molar refractivity (Wildman–Crippen MR) is 108 cm³/mol. The lowest BCUT2D eigenvalue weighted by Crippen LogP contribution is -2.38. The molecule has 7 nitrogen and oxygen atoms in total. The topological polar surface area (TPSA) is 87.7 Å². The molecule has 1 aliphatic carbocycles. The van der Waals surface area contributed by atoms with Crippen LogP contribution in [0.4, 0.5) is 5.69 Å². The number of nitrogens with zero attached hydrogens (tertiary/aromatic N) is 1. The van der Waals surface area contributed by atoms with Crippen LogP contribution in [0.3, 0.4) is 0 Å². The van der Waals surface area contributed by atoms with E-state index >= 15 is 0 Å². The summed E-state index contributed by atoms with van der Waals surface area (Å²) >= 11 is 0. The van der Waals surface area contributed by atoms with Crippen molar-refractivity contribution < 1.29 is 19.1 Å². The summed E-state index contributed by atoms with van der Waals surface area (Å²) in [5, 5.41) is 5.83. The average molecular weight is 389 g/mol. The molecule has 1 aliphatic rings. The molecule has 0 aliphatic heterocycles. The SMILES string of the molecule is CCOC(=O)c1ccccc1NC(=O)C1CCC(C(=O)NCCN(C)C)CC1. The summed E-state index contributed by atoms with van der Waals surface area (Å²) in [7, 11) is 3.94. The maximum Gasteiger partial charge on any atom is 0.340 e. The molecule has 2 N–H and O–H groups in total. The third kappa shape index (κ3) is 6.34. The van der Waals surface area contributed by atoms with Gasteiger partial charge in [-0.05, 0) is 58.8 Å². The molecule has 0 atom stereocenters. The Labute approximate surface area is 166 Å². The molecular formula is C21H31N3O4. The molecule has 2 amide bonds. The highest BCUT2D eigenvalue weighted by Gasteiger charge is 2.30. The number of benzene rings is 1. The Morgan fingerprint density at radius 1 is 1.04 bits per heavy atom. The summed E-state index contributed by atoms with van der Waals surface area (Å²) in [5.74, 6) is -0.660. The van der Waals surface area contributed by atoms with E-state index in [1.165, 1.54) is 0 Å². The maximum atomic E-state index is 12.7. The second kappa shape index (κ2) is 10.8. The third-order valence-corrected chi connectivity index (χ3v) is 5.01. The summed E-state index contributed by atoms with van der Waals surface area (Å²) in [6.45, 7) is 3.47. The molecule has 0 unspecified atom stereocenters. The number of likely N-dealkylation sites (N-methyl/N-ethyl adjacent to an activating group) is 1. The number of ether oxygens (including phenoxy) is 1. The molecule has 1 aromatic carbocycles. The lowest BCUT2D eigenvalue weighted by molar-refractivity contribution is -0.128. The molecule has 7 heteroatoms. The number of nitrogens with one attached hydrogen (secondary N) is 2. The number of hydrogen-bond acceptors (Lipinski definition) is 5. The van der Waals surface area contributed by atoms with E-state index in [-0.39, 0.29) is 30.3 Å². The zero-order valence-corrected chi connectivity index (χ0v) is 17.0. The van der Waals surface area contributed by atoms with Crippen LogP contribution in [0.15, 0.2) is 24.3 Å². The van der Waals surface area contributed by atoms with E-state index in [1.807, 2.05) is 19.0 Å². The van der Waals surface area contributed by atoms with E-state index in [0.717, 1.165) is 6.54 Å². The number of amides is 2. The molecule has 0 radical (unpaired) electrons. The Morgan fingerprint density at radius 3 is 2.25 bits per heavy atom. The van der Waals surface area contributed by atoms with Crippen molar-refractivity contribution >= 4 is 23.5 Å². The summed E-state index contributed by atoms with van der Waals surface area (Å²) in [6.07, 6.45) is 2.73. The lowest BCUT2D eigenvalue weighted by atomic mass is 9.81. The van der Waals surface area contributed by atoms with E-state index in [2.05, 4.69) is 10.6 Å². The lowest BCUT2D eigenvalue weighted by Gasteiger charge is -2.27. The Balaban J connectivity index is 1.86. The van der Waals surface area contributed by atoms with Crippen LogP contribution in [0.5, 0.6) is 0 Å². The predicted octanol–water partition coefficient (Wildman–Crippen LogP) is 2.29. The first-order valence-electron chi connectivity index (χ1n) is 9.91. The first-order chi connectivity index (χ1) is 13.4. The van der Waals surface area contributed by atoms with Crippen molar-refractivity contribution in [2.24, 2.45) is 11.8 Å². The molecular weight excluding hydrogens is 358 g/mol. The van der Waals surface area contributed by atoms with Crippen LogP contribution in [0.2, 0.25) is 0 Å². The Bertz CT molecular complexity index is 682. The Kier molecular flexibility index (Phi) is 8.44. The quantitative estimate of drug-likeness (QED) is 0.666. The zero-order valence-electron chi connectivity index (χ0n) is 17.0. The minimum absolute atomic E-state index is 0.0296. The molecule has 1 aromatic rings. The number of para-hydroxylation sites is 1. The van der Waals surface area contributed by atoms with Crippen molar-refractivity contribution in [3.8, 4) is 0 Å². The molecule has 0 bridgehead atoms. The van der Waals surface area contributed by atoms with Gasteiger partial charge in [-0.25, -0.2) is 4.79 Å². The average Bonchev–Trinajstić information content (AvgIpc) is 2.68. The van der Waals surface area contributed by atoms with Gasteiger partial charge in [-0.2, -0.15) is 0 Å². The van der Waals surface area contributed by atoms with Gasteiger partial charge in [0.1, 0.15) is 0 Å². The number of hydrogen-bond donors (Lipinski definition) is 2. The fraction of sp³-hybridized carbons (Fsp3) is 0.571. The van der Waals surface area contributed by atoms with Crippen molar-refractivity contribution in [1.29, 1.82) is 0 Å². The van der Waals surface area contributed by atoms with Gasteiger partial charge in [0.25, 0.3) is 0 Å². The van der Waals surface area contributed by atoms with Gasteiger partial charge in [0, 0.05) is 24.9 Å². The highest BCUT2D eigenvalue weighted by atomic mass is 16.5. The van der Waals surface area contributed by atoms with Gasteiger partial charge < -0.3 is 20.3 Å². The van der Waals surface area contributed by atoms with Gasteiger partial charge in [0.2, 0.25) is 11.8 Å². The van der Waals surface area contributed by atoms with Crippen LogP contribution in [-0.2, 0) is 14.3 Å². The number of carbonyl (C=O) groups is 3. The first-order valence-corrected chi connectivity index (χ1v) is 9.91.